The van der Waals surface area contributed by atoms with Crippen molar-refractivity contribution in [1.82, 2.24) is 29.8 Å². The second-order valence-electron chi connectivity index (χ2n) is 6.80. The quantitative estimate of drug-likeness (QED) is 0.910. The first kappa shape index (κ1) is 15.2. The van der Waals surface area contributed by atoms with Gasteiger partial charge in [0, 0.05) is 32.2 Å². The first-order valence-electron chi connectivity index (χ1n) is 8.65. The SMILES string of the molecule is C[C@H](CC1CC1)NC(=O)N1CCN(c2cncc3ncnn23)CC1. The zero-order chi connectivity index (χ0) is 16.5. The van der Waals surface area contributed by atoms with Crippen LogP contribution in [0.25, 0.3) is 5.65 Å². The van der Waals surface area contributed by atoms with Gasteiger partial charge in [0.15, 0.2) is 11.5 Å². The second-order valence-corrected chi connectivity index (χ2v) is 6.80. The minimum atomic E-state index is 0.0555. The fourth-order valence-electron chi connectivity index (χ4n) is 3.31. The minimum Gasteiger partial charge on any atom is -0.352 e. The Labute approximate surface area is 140 Å². The molecule has 1 atom stereocenters. The lowest BCUT2D eigenvalue weighted by Gasteiger charge is -2.36. The van der Waals surface area contributed by atoms with Crippen molar-refractivity contribution in [2.24, 2.45) is 5.92 Å². The highest BCUT2D eigenvalue weighted by atomic mass is 16.2. The van der Waals surface area contributed by atoms with E-state index in [-0.39, 0.29) is 12.1 Å². The molecule has 1 aliphatic heterocycles. The number of hydrogen-bond donors (Lipinski definition) is 1. The first-order chi connectivity index (χ1) is 11.7. The van der Waals surface area contributed by atoms with Gasteiger partial charge >= 0.3 is 6.03 Å². The standard InChI is InChI=1S/C16H23N7O/c1-12(8-13-2-3-13)20-16(24)22-6-4-21(5-7-22)15-10-17-9-14-18-11-19-23(14)15/h9-13H,2-8H2,1H3,(H,20,24)/t12-/m1/s1. The normalized spacial score (nSPS) is 19.5. The van der Waals surface area contributed by atoms with Crippen LogP contribution in [-0.2, 0) is 0 Å². The Balaban J connectivity index is 1.34. The molecule has 0 radical (unpaired) electrons. The number of fused-ring (bicyclic) bond motifs is 1. The molecule has 8 heteroatoms. The van der Waals surface area contributed by atoms with E-state index in [4.69, 9.17) is 0 Å². The summed E-state index contributed by atoms with van der Waals surface area (Å²) < 4.78 is 1.79. The molecule has 4 rings (SSSR count). The van der Waals surface area contributed by atoms with Gasteiger partial charge in [0.2, 0.25) is 0 Å². The maximum atomic E-state index is 12.4. The number of carbonyl (C=O) groups is 1. The number of nitrogens with one attached hydrogen (secondary N) is 1. The number of carbonyl (C=O) groups excluding carboxylic acids is 1. The van der Waals surface area contributed by atoms with Crippen LogP contribution in [0.4, 0.5) is 10.6 Å². The van der Waals surface area contributed by atoms with E-state index in [9.17, 15) is 4.79 Å². The van der Waals surface area contributed by atoms with E-state index < -0.39 is 0 Å². The predicted octanol–water partition coefficient (Wildman–Crippen LogP) is 1.14. The van der Waals surface area contributed by atoms with Crippen molar-refractivity contribution >= 4 is 17.5 Å². The molecule has 1 saturated heterocycles. The van der Waals surface area contributed by atoms with Gasteiger partial charge in [0.25, 0.3) is 0 Å². The van der Waals surface area contributed by atoms with Crippen LogP contribution >= 0.6 is 0 Å². The summed E-state index contributed by atoms with van der Waals surface area (Å²) in [6.07, 6.45) is 8.77. The molecule has 2 aromatic heterocycles. The third kappa shape index (κ3) is 3.13. The summed E-state index contributed by atoms with van der Waals surface area (Å²) in [5.74, 6) is 1.75. The van der Waals surface area contributed by atoms with Gasteiger partial charge in [0.05, 0.1) is 12.4 Å². The molecule has 2 aromatic rings. The molecule has 0 aromatic carbocycles. The third-order valence-electron chi connectivity index (χ3n) is 4.82. The molecule has 0 bridgehead atoms. The Morgan fingerprint density at radius 1 is 1.29 bits per heavy atom. The maximum absolute atomic E-state index is 12.4. The number of piperazine rings is 1. The van der Waals surface area contributed by atoms with Crippen LogP contribution in [0.5, 0.6) is 0 Å². The van der Waals surface area contributed by atoms with Crippen molar-refractivity contribution in [1.29, 1.82) is 0 Å². The summed E-state index contributed by atoms with van der Waals surface area (Å²) >= 11 is 0. The molecule has 1 aliphatic carbocycles. The molecular weight excluding hydrogens is 306 g/mol. The van der Waals surface area contributed by atoms with Crippen molar-refractivity contribution in [3.05, 3.63) is 18.7 Å². The van der Waals surface area contributed by atoms with Gasteiger partial charge in [-0.05, 0) is 19.3 Å². The molecule has 1 N–H and O–H groups in total. The Morgan fingerprint density at radius 3 is 2.83 bits per heavy atom. The molecule has 2 aliphatic rings. The molecule has 128 valence electrons. The molecule has 3 heterocycles. The van der Waals surface area contributed by atoms with E-state index in [0.29, 0.717) is 13.1 Å². The smallest absolute Gasteiger partial charge is 0.317 e. The maximum Gasteiger partial charge on any atom is 0.317 e. The van der Waals surface area contributed by atoms with E-state index in [1.165, 1.54) is 19.2 Å². The zero-order valence-corrected chi connectivity index (χ0v) is 13.9. The lowest BCUT2D eigenvalue weighted by Crippen LogP contribution is -2.53. The van der Waals surface area contributed by atoms with Crippen molar-refractivity contribution in [2.75, 3.05) is 31.1 Å². The van der Waals surface area contributed by atoms with Crippen molar-refractivity contribution in [3.8, 4) is 0 Å². The van der Waals surface area contributed by atoms with Crippen LogP contribution in [0.2, 0.25) is 0 Å². The van der Waals surface area contributed by atoms with E-state index in [1.807, 2.05) is 4.90 Å². The highest BCUT2D eigenvalue weighted by molar-refractivity contribution is 5.74. The van der Waals surface area contributed by atoms with Gasteiger partial charge in [-0.1, -0.05) is 12.8 Å². The van der Waals surface area contributed by atoms with Crippen LogP contribution in [0.3, 0.4) is 0 Å². The van der Waals surface area contributed by atoms with Gasteiger partial charge in [-0.25, -0.2) is 9.78 Å². The molecule has 24 heavy (non-hydrogen) atoms. The van der Waals surface area contributed by atoms with Gasteiger partial charge < -0.3 is 15.1 Å². The first-order valence-corrected chi connectivity index (χ1v) is 8.65. The molecule has 1 saturated carbocycles. The van der Waals surface area contributed by atoms with Crippen LogP contribution in [0.15, 0.2) is 18.7 Å². The van der Waals surface area contributed by atoms with Crippen molar-refractivity contribution < 1.29 is 4.79 Å². The van der Waals surface area contributed by atoms with Gasteiger partial charge in [-0.3, -0.25) is 4.98 Å². The largest absolute Gasteiger partial charge is 0.352 e. The van der Waals surface area contributed by atoms with Gasteiger partial charge in [0.1, 0.15) is 6.33 Å². The third-order valence-corrected chi connectivity index (χ3v) is 4.82. The second kappa shape index (κ2) is 6.26. The monoisotopic (exact) mass is 329 g/mol. The number of urea groups is 1. The Bertz CT molecular complexity index is 718. The average Bonchev–Trinajstić information content (AvgIpc) is 3.26. The number of aromatic nitrogens is 4. The highest BCUT2D eigenvalue weighted by Crippen LogP contribution is 2.33. The number of rotatable bonds is 4. The van der Waals surface area contributed by atoms with Crippen LogP contribution in [-0.4, -0.2) is 62.7 Å². The Hall–Kier alpha value is -2.38. The Morgan fingerprint density at radius 2 is 2.08 bits per heavy atom. The lowest BCUT2D eigenvalue weighted by molar-refractivity contribution is 0.190. The highest BCUT2D eigenvalue weighted by Gasteiger charge is 2.27. The fraction of sp³-hybridized carbons (Fsp3) is 0.625. The molecule has 0 unspecified atom stereocenters. The molecule has 0 spiro atoms. The summed E-state index contributed by atoms with van der Waals surface area (Å²) in [5.41, 5.74) is 0.738. The van der Waals surface area contributed by atoms with Crippen LogP contribution in [0, 0.1) is 5.92 Å². The summed E-state index contributed by atoms with van der Waals surface area (Å²) in [6.45, 7) is 5.04. The van der Waals surface area contributed by atoms with Crippen LogP contribution in [0.1, 0.15) is 26.2 Å². The average molecular weight is 329 g/mol. The van der Waals surface area contributed by atoms with E-state index >= 15 is 0 Å². The van der Waals surface area contributed by atoms with Crippen molar-refractivity contribution in [2.45, 2.75) is 32.2 Å². The summed E-state index contributed by atoms with van der Waals surface area (Å²) in [6, 6.07) is 0.316. The van der Waals surface area contributed by atoms with E-state index in [0.717, 1.165) is 36.9 Å². The Kier molecular flexibility index (Phi) is 3.95. The summed E-state index contributed by atoms with van der Waals surface area (Å²) in [5, 5.41) is 7.38. The van der Waals surface area contributed by atoms with E-state index in [1.54, 1.807) is 16.9 Å². The minimum absolute atomic E-state index is 0.0555. The number of hydrogen-bond acceptors (Lipinski definition) is 5. The topological polar surface area (TPSA) is 78.7 Å². The lowest BCUT2D eigenvalue weighted by atomic mass is 10.2. The molecular formula is C16H23N7O. The number of nitrogens with zero attached hydrogens (tertiary/aromatic N) is 6. The summed E-state index contributed by atoms with van der Waals surface area (Å²) in [7, 11) is 0. The number of amides is 2. The predicted molar refractivity (Wildman–Crippen MR) is 89.9 cm³/mol. The van der Waals surface area contributed by atoms with Gasteiger partial charge in [-0.15, -0.1) is 0 Å². The molecule has 8 nitrogen and oxygen atoms in total. The van der Waals surface area contributed by atoms with E-state index in [2.05, 4.69) is 32.2 Å². The molecule has 2 amide bonds. The van der Waals surface area contributed by atoms with Gasteiger partial charge in [-0.2, -0.15) is 9.61 Å². The zero-order valence-electron chi connectivity index (χ0n) is 13.9. The summed E-state index contributed by atoms with van der Waals surface area (Å²) in [4.78, 5) is 24.9. The fourth-order valence-corrected chi connectivity index (χ4v) is 3.31. The number of anilines is 1. The van der Waals surface area contributed by atoms with Crippen molar-refractivity contribution in [3.63, 3.8) is 0 Å². The van der Waals surface area contributed by atoms with Crippen LogP contribution < -0.4 is 10.2 Å². The molecule has 2 fully saturated rings.